The number of thioether (sulfide) groups is 1. The largest absolute Gasteiger partial charge is 0.494 e. The maximum absolute atomic E-state index is 12.1. The highest BCUT2D eigenvalue weighted by atomic mass is 32.2. The Kier molecular flexibility index (Phi) is 4.96. The Bertz CT molecular complexity index is 579. The molecule has 1 saturated carbocycles. The highest BCUT2D eigenvalue weighted by molar-refractivity contribution is 7.99. The average Bonchev–Trinajstić information content (AvgIpc) is 2.44. The fourth-order valence-corrected chi connectivity index (χ4v) is 3.98. The van der Waals surface area contributed by atoms with Crippen LogP contribution in [-0.2, 0) is 6.42 Å². The summed E-state index contributed by atoms with van der Waals surface area (Å²) < 4.78 is 1.41. The Morgan fingerprint density at radius 1 is 1.35 bits per heavy atom. The lowest BCUT2D eigenvalue weighted by Crippen LogP contribution is -2.38. The van der Waals surface area contributed by atoms with Crippen LogP contribution >= 0.6 is 11.8 Å². The summed E-state index contributed by atoms with van der Waals surface area (Å²) in [4.78, 5) is 26.3. The van der Waals surface area contributed by atoms with Crippen LogP contribution in [0.15, 0.2) is 9.59 Å². The second kappa shape index (κ2) is 6.52. The van der Waals surface area contributed by atoms with Gasteiger partial charge in [-0.2, -0.15) is 11.8 Å². The van der Waals surface area contributed by atoms with Crippen LogP contribution in [-0.4, -0.2) is 26.2 Å². The van der Waals surface area contributed by atoms with Crippen molar-refractivity contribution in [1.82, 2.24) is 9.55 Å². The quantitative estimate of drug-likeness (QED) is 0.892. The monoisotopic (exact) mass is 298 g/mol. The molecule has 112 valence electrons. The molecule has 5 nitrogen and oxygen atoms in total. The van der Waals surface area contributed by atoms with Crippen LogP contribution in [0, 0.1) is 0 Å². The van der Waals surface area contributed by atoms with Crippen molar-refractivity contribution in [3.05, 3.63) is 26.4 Å². The van der Waals surface area contributed by atoms with E-state index in [-0.39, 0.29) is 11.9 Å². The number of H-pyrrole nitrogens is 1. The first kappa shape index (κ1) is 15.2. The summed E-state index contributed by atoms with van der Waals surface area (Å²) >= 11 is 1.73. The van der Waals surface area contributed by atoms with Crippen molar-refractivity contribution in [2.75, 3.05) is 6.26 Å². The normalized spacial score (nSPS) is 22.9. The van der Waals surface area contributed by atoms with Crippen LogP contribution in [0.1, 0.15) is 50.6 Å². The predicted octanol–water partition coefficient (Wildman–Crippen LogP) is 2.04. The molecular formula is C14H22N2O3S. The van der Waals surface area contributed by atoms with E-state index >= 15 is 0 Å². The fraction of sp³-hybridized carbons (Fsp3) is 0.714. The van der Waals surface area contributed by atoms with Gasteiger partial charge in [0.2, 0.25) is 5.88 Å². The number of nitrogens with one attached hydrogen (secondary N) is 1. The molecule has 0 amide bonds. The minimum atomic E-state index is -0.488. The van der Waals surface area contributed by atoms with Gasteiger partial charge >= 0.3 is 5.69 Å². The summed E-state index contributed by atoms with van der Waals surface area (Å²) in [6.07, 6.45) is 7.39. The zero-order valence-corrected chi connectivity index (χ0v) is 12.8. The first-order valence-corrected chi connectivity index (χ1v) is 8.48. The first-order valence-electron chi connectivity index (χ1n) is 7.19. The molecule has 20 heavy (non-hydrogen) atoms. The molecule has 2 unspecified atom stereocenters. The van der Waals surface area contributed by atoms with Gasteiger partial charge in [0, 0.05) is 5.25 Å². The zero-order chi connectivity index (χ0) is 14.7. The molecule has 1 heterocycles. The van der Waals surface area contributed by atoms with Crippen molar-refractivity contribution in [1.29, 1.82) is 0 Å². The molecule has 0 saturated heterocycles. The molecule has 2 N–H and O–H groups in total. The van der Waals surface area contributed by atoms with Crippen LogP contribution in [0.3, 0.4) is 0 Å². The average molecular weight is 298 g/mol. The van der Waals surface area contributed by atoms with Gasteiger partial charge in [-0.15, -0.1) is 0 Å². The molecule has 2 rings (SSSR count). The predicted molar refractivity (Wildman–Crippen MR) is 81.8 cm³/mol. The van der Waals surface area contributed by atoms with Crippen LogP contribution in [0.5, 0.6) is 5.88 Å². The van der Waals surface area contributed by atoms with Gasteiger partial charge in [-0.3, -0.25) is 14.3 Å². The van der Waals surface area contributed by atoms with Gasteiger partial charge in [0.15, 0.2) is 0 Å². The van der Waals surface area contributed by atoms with Gasteiger partial charge in [0.25, 0.3) is 5.56 Å². The molecule has 2 atom stereocenters. The highest BCUT2D eigenvalue weighted by Gasteiger charge is 2.29. The minimum Gasteiger partial charge on any atom is -0.494 e. The van der Waals surface area contributed by atoms with Crippen molar-refractivity contribution in [3.8, 4) is 5.88 Å². The van der Waals surface area contributed by atoms with E-state index in [2.05, 4.69) is 4.98 Å². The second-order valence-corrected chi connectivity index (χ2v) is 6.38. The molecule has 0 spiro atoms. The maximum atomic E-state index is 12.1. The van der Waals surface area contributed by atoms with Gasteiger partial charge in [-0.25, -0.2) is 4.79 Å². The van der Waals surface area contributed by atoms with Crippen LogP contribution in [0.25, 0.3) is 0 Å². The Hall–Kier alpha value is -1.17. The van der Waals surface area contributed by atoms with Crippen molar-refractivity contribution in [2.45, 2.75) is 56.7 Å². The summed E-state index contributed by atoms with van der Waals surface area (Å²) in [5.41, 5.74) is -0.613. The summed E-state index contributed by atoms with van der Waals surface area (Å²) in [5, 5.41) is 10.7. The van der Waals surface area contributed by atoms with E-state index in [9.17, 15) is 14.7 Å². The summed E-state index contributed by atoms with van der Waals surface area (Å²) in [6, 6.07) is -0.0290. The number of hydrogen-bond donors (Lipinski definition) is 2. The maximum Gasteiger partial charge on any atom is 0.331 e. The molecule has 1 aliphatic carbocycles. The van der Waals surface area contributed by atoms with E-state index in [4.69, 9.17) is 0 Å². The van der Waals surface area contributed by atoms with E-state index in [0.29, 0.717) is 17.2 Å². The van der Waals surface area contributed by atoms with Crippen LogP contribution < -0.4 is 11.2 Å². The Balaban J connectivity index is 2.52. The Labute approximate surface area is 122 Å². The molecular weight excluding hydrogens is 276 g/mol. The van der Waals surface area contributed by atoms with E-state index in [1.165, 1.54) is 4.57 Å². The van der Waals surface area contributed by atoms with Crippen molar-refractivity contribution in [3.63, 3.8) is 0 Å². The third-order valence-corrected chi connectivity index (χ3v) is 5.17. The lowest BCUT2D eigenvalue weighted by atomic mass is 9.94. The molecule has 1 aromatic heterocycles. The second-order valence-electron chi connectivity index (χ2n) is 5.31. The summed E-state index contributed by atoms with van der Waals surface area (Å²) in [6.45, 7) is 1.94. The van der Waals surface area contributed by atoms with Gasteiger partial charge < -0.3 is 5.11 Å². The van der Waals surface area contributed by atoms with Gasteiger partial charge in [-0.05, 0) is 25.5 Å². The number of rotatable bonds is 4. The zero-order valence-electron chi connectivity index (χ0n) is 12.0. The molecule has 1 aliphatic rings. The van der Waals surface area contributed by atoms with Crippen molar-refractivity contribution >= 4 is 11.8 Å². The number of nitrogens with zero attached hydrogens (tertiary/aromatic N) is 1. The number of aromatic nitrogens is 2. The standard InChI is InChI=1S/C14H22N2O3S/c1-3-6-9-12(17)15-14(19)16(13(9)18)10-7-4-5-8-11(10)20-2/h10-11,18H,3-8H2,1-2H3,(H,15,17,19). The molecule has 0 radical (unpaired) electrons. The van der Waals surface area contributed by atoms with Crippen molar-refractivity contribution < 1.29 is 5.11 Å². The lowest BCUT2D eigenvalue weighted by molar-refractivity contribution is 0.303. The third-order valence-electron chi connectivity index (χ3n) is 4.01. The van der Waals surface area contributed by atoms with E-state index < -0.39 is 11.2 Å². The highest BCUT2D eigenvalue weighted by Crippen LogP contribution is 2.36. The van der Waals surface area contributed by atoms with E-state index in [1.807, 2.05) is 13.2 Å². The van der Waals surface area contributed by atoms with Gasteiger partial charge in [0.1, 0.15) is 0 Å². The topological polar surface area (TPSA) is 75.1 Å². The lowest BCUT2D eigenvalue weighted by Gasteiger charge is -2.32. The Morgan fingerprint density at radius 2 is 2.05 bits per heavy atom. The number of hydrogen-bond acceptors (Lipinski definition) is 4. The number of aromatic amines is 1. The summed E-state index contributed by atoms with van der Waals surface area (Å²) in [7, 11) is 0. The third kappa shape index (κ3) is 2.80. The fourth-order valence-electron chi connectivity index (χ4n) is 3.01. The molecule has 1 fully saturated rings. The van der Waals surface area contributed by atoms with E-state index in [1.54, 1.807) is 11.8 Å². The van der Waals surface area contributed by atoms with Crippen LogP contribution in [0.4, 0.5) is 0 Å². The van der Waals surface area contributed by atoms with Gasteiger partial charge in [-0.1, -0.05) is 26.2 Å². The Morgan fingerprint density at radius 3 is 2.70 bits per heavy atom. The summed E-state index contributed by atoms with van der Waals surface area (Å²) in [5.74, 6) is -0.133. The SMILES string of the molecule is CCCc1c(O)n(C2CCCCC2SC)c(=O)[nH]c1=O. The molecule has 6 heteroatoms. The molecule has 0 bridgehead atoms. The van der Waals surface area contributed by atoms with E-state index in [0.717, 1.165) is 32.1 Å². The molecule has 0 aromatic carbocycles. The van der Waals surface area contributed by atoms with Crippen molar-refractivity contribution in [2.24, 2.45) is 0 Å². The minimum absolute atomic E-state index is 0.0290. The molecule has 1 aromatic rings. The van der Waals surface area contributed by atoms with Crippen LogP contribution in [0.2, 0.25) is 0 Å². The first-order chi connectivity index (χ1) is 9.60. The van der Waals surface area contributed by atoms with Gasteiger partial charge in [0.05, 0.1) is 11.6 Å². The smallest absolute Gasteiger partial charge is 0.331 e. The number of aromatic hydroxyl groups is 1. The molecule has 0 aliphatic heterocycles.